The van der Waals surface area contributed by atoms with Gasteiger partial charge in [-0.3, -0.25) is 0 Å². The van der Waals surface area contributed by atoms with Crippen LogP contribution in [0.4, 0.5) is 8.78 Å². The van der Waals surface area contributed by atoms with Crippen LogP contribution in [0.5, 0.6) is 5.75 Å². The van der Waals surface area contributed by atoms with Crippen LogP contribution >= 0.6 is 0 Å². The normalized spacial score (nSPS) is 24.8. The molecule has 0 heterocycles. The summed E-state index contributed by atoms with van der Waals surface area (Å²) in [7, 11) is 0. The van der Waals surface area contributed by atoms with E-state index >= 15 is 0 Å². The van der Waals surface area contributed by atoms with Gasteiger partial charge in [0.05, 0.1) is 6.61 Å². The highest BCUT2D eigenvalue weighted by Gasteiger charge is 2.32. The third-order valence-electron chi connectivity index (χ3n) is 8.64. The molecular weight excluding hydrogens is 450 g/mol. The first-order chi connectivity index (χ1) is 17.6. The molecule has 0 unspecified atom stereocenters. The van der Waals surface area contributed by atoms with Gasteiger partial charge in [-0.25, -0.2) is 4.39 Å². The van der Waals surface area contributed by atoms with E-state index in [2.05, 4.69) is 43.3 Å². The Morgan fingerprint density at radius 1 is 0.750 bits per heavy atom. The van der Waals surface area contributed by atoms with Crippen molar-refractivity contribution in [1.29, 1.82) is 0 Å². The van der Waals surface area contributed by atoms with Crippen LogP contribution < -0.4 is 4.74 Å². The minimum Gasteiger partial charge on any atom is -0.491 e. The van der Waals surface area contributed by atoms with Crippen molar-refractivity contribution in [3.8, 4) is 5.75 Å². The minimum absolute atomic E-state index is 0.0271. The number of ether oxygens (including phenoxy) is 1. The Morgan fingerprint density at radius 3 is 1.97 bits per heavy atom. The topological polar surface area (TPSA) is 9.23 Å². The van der Waals surface area contributed by atoms with E-state index in [-0.39, 0.29) is 11.7 Å². The van der Waals surface area contributed by atoms with Gasteiger partial charge < -0.3 is 4.74 Å². The maximum atomic E-state index is 14.7. The van der Waals surface area contributed by atoms with Gasteiger partial charge in [0.2, 0.25) is 5.82 Å². The number of hydrogen-bond donors (Lipinski definition) is 0. The van der Waals surface area contributed by atoms with Gasteiger partial charge in [-0.15, -0.1) is 0 Å². The zero-order valence-electron chi connectivity index (χ0n) is 22.3. The molecule has 0 N–H and O–H groups in total. The van der Waals surface area contributed by atoms with Gasteiger partial charge in [-0.05, 0) is 124 Å². The molecule has 4 rings (SSSR count). The largest absolute Gasteiger partial charge is 0.491 e. The van der Waals surface area contributed by atoms with Crippen LogP contribution in [0.1, 0.15) is 101 Å². The molecule has 0 atom stereocenters. The smallest absolute Gasteiger partial charge is 0.200 e. The number of allylic oxidation sites excluding steroid dienone is 2. The Morgan fingerprint density at radius 2 is 1.36 bits per heavy atom. The monoisotopic (exact) mass is 494 g/mol. The summed E-state index contributed by atoms with van der Waals surface area (Å²) in [6.07, 6.45) is 18.9. The molecule has 0 bridgehead atoms. The molecule has 0 saturated heterocycles. The third kappa shape index (κ3) is 6.99. The maximum Gasteiger partial charge on any atom is 0.200 e. The van der Waals surface area contributed by atoms with Gasteiger partial charge in [0.25, 0.3) is 0 Å². The van der Waals surface area contributed by atoms with Crippen LogP contribution in [-0.4, -0.2) is 6.61 Å². The Balaban J connectivity index is 1.18. The van der Waals surface area contributed by atoms with Crippen molar-refractivity contribution in [1.82, 2.24) is 0 Å². The Kier molecular flexibility index (Phi) is 10.0. The van der Waals surface area contributed by atoms with Crippen molar-refractivity contribution < 1.29 is 13.5 Å². The van der Waals surface area contributed by atoms with Gasteiger partial charge in [0.1, 0.15) is 0 Å². The lowest BCUT2D eigenvalue weighted by Gasteiger charge is -2.37. The summed E-state index contributed by atoms with van der Waals surface area (Å²) in [5, 5.41) is 0. The van der Waals surface area contributed by atoms with E-state index in [1.807, 2.05) is 0 Å². The summed E-state index contributed by atoms with van der Waals surface area (Å²) in [6.45, 7) is 4.35. The minimum atomic E-state index is -0.826. The van der Waals surface area contributed by atoms with Crippen molar-refractivity contribution in [2.45, 2.75) is 96.8 Å². The van der Waals surface area contributed by atoms with Crippen LogP contribution in [0, 0.1) is 29.4 Å². The summed E-state index contributed by atoms with van der Waals surface area (Å²) in [4.78, 5) is 0. The van der Waals surface area contributed by atoms with Crippen molar-refractivity contribution in [3.63, 3.8) is 0 Å². The van der Waals surface area contributed by atoms with Crippen LogP contribution in [-0.2, 0) is 12.8 Å². The lowest BCUT2D eigenvalue weighted by Crippen LogP contribution is -2.25. The molecule has 1 nitrogen and oxygen atoms in total. The molecule has 196 valence electrons. The molecule has 2 aromatic rings. The van der Waals surface area contributed by atoms with Gasteiger partial charge in [0.15, 0.2) is 11.6 Å². The SMILES string of the molecule is CCCc1ccc(CC/C=C/C2CCC(C3CCC(c4ccc(OCC)c(F)c4F)CC3)CC2)cc1. The molecule has 0 amide bonds. The molecular formula is C33H44F2O. The van der Waals surface area contributed by atoms with Crippen molar-refractivity contribution in [2.75, 3.05) is 6.61 Å². The van der Waals surface area contributed by atoms with E-state index in [1.165, 1.54) is 49.7 Å². The van der Waals surface area contributed by atoms with Crippen LogP contribution in [0.25, 0.3) is 0 Å². The second-order valence-corrected chi connectivity index (χ2v) is 11.0. The van der Waals surface area contributed by atoms with Crippen LogP contribution in [0.3, 0.4) is 0 Å². The number of benzene rings is 2. The first-order valence-corrected chi connectivity index (χ1v) is 14.4. The summed E-state index contributed by atoms with van der Waals surface area (Å²) >= 11 is 0. The zero-order valence-corrected chi connectivity index (χ0v) is 22.3. The van der Waals surface area contributed by atoms with Crippen molar-refractivity contribution >= 4 is 0 Å². The van der Waals surface area contributed by atoms with E-state index in [9.17, 15) is 8.78 Å². The number of halogens is 2. The average Bonchev–Trinajstić information content (AvgIpc) is 2.91. The standard InChI is InChI=1S/C33H44F2O/c1-3-7-24-10-12-25(13-11-24)8-5-6-9-26-14-16-27(17-15-26)28-18-20-29(21-19-28)30-22-23-31(36-4-2)33(35)32(30)34/h6,9-13,22-23,26-29H,3-5,7-8,14-21H2,1-2H3/b9-6+. The second kappa shape index (κ2) is 13.4. The molecule has 2 aliphatic rings. The van der Waals surface area contributed by atoms with Gasteiger partial charge >= 0.3 is 0 Å². The molecule has 0 aromatic heterocycles. The molecule has 0 radical (unpaired) electrons. The van der Waals surface area contributed by atoms with E-state index in [0.717, 1.165) is 56.3 Å². The lowest BCUT2D eigenvalue weighted by atomic mass is 9.68. The molecule has 0 spiro atoms. The quantitative estimate of drug-likeness (QED) is 0.299. The molecule has 2 aromatic carbocycles. The summed E-state index contributed by atoms with van der Waals surface area (Å²) in [5.74, 6) is 0.910. The second-order valence-electron chi connectivity index (χ2n) is 11.0. The van der Waals surface area contributed by atoms with Crippen molar-refractivity contribution in [2.24, 2.45) is 17.8 Å². The third-order valence-corrected chi connectivity index (χ3v) is 8.64. The number of aryl methyl sites for hydroxylation is 2. The highest BCUT2D eigenvalue weighted by Crippen LogP contribution is 2.45. The first kappa shape index (κ1) is 26.9. The molecule has 2 saturated carbocycles. The highest BCUT2D eigenvalue weighted by atomic mass is 19.2. The molecule has 36 heavy (non-hydrogen) atoms. The fourth-order valence-corrected chi connectivity index (χ4v) is 6.54. The average molecular weight is 495 g/mol. The number of rotatable bonds is 10. The van der Waals surface area contributed by atoms with Crippen LogP contribution in [0.2, 0.25) is 0 Å². The summed E-state index contributed by atoms with van der Waals surface area (Å²) in [5.41, 5.74) is 3.42. The van der Waals surface area contributed by atoms with Crippen molar-refractivity contribution in [3.05, 3.63) is 76.9 Å². The molecule has 3 heteroatoms. The van der Waals surface area contributed by atoms with E-state index in [1.54, 1.807) is 19.1 Å². The predicted octanol–water partition coefficient (Wildman–Crippen LogP) is 9.59. The fraction of sp³-hybridized carbons (Fsp3) is 0.576. The first-order valence-electron chi connectivity index (χ1n) is 14.4. The van der Waals surface area contributed by atoms with Gasteiger partial charge in [0, 0.05) is 0 Å². The zero-order chi connectivity index (χ0) is 25.3. The lowest BCUT2D eigenvalue weighted by molar-refractivity contribution is 0.170. The molecule has 2 aliphatic carbocycles. The summed E-state index contributed by atoms with van der Waals surface area (Å²) < 4.78 is 34.2. The van der Waals surface area contributed by atoms with E-state index in [0.29, 0.717) is 12.2 Å². The van der Waals surface area contributed by atoms with E-state index in [4.69, 9.17) is 4.74 Å². The number of hydrogen-bond acceptors (Lipinski definition) is 1. The van der Waals surface area contributed by atoms with Crippen LogP contribution in [0.15, 0.2) is 48.6 Å². The molecule has 2 fully saturated rings. The summed E-state index contributed by atoms with van der Waals surface area (Å²) in [6, 6.07) is 12.5. The van der Waals surface area contributed by atoms with Gasteiger partial charge in [-0.1, -0.05) is 55.8 Å². The Hall–Kier alpha value is -2.16. The predicted molar refractivity (Wildman–Crippen MR) is 146 cm³/mol. The van der Waals surface area contributed by atoms with Gasteiger partial charge in [-0.2, -0.15) is 4.39 Å². The highest BCUT2D eigenvalue weighted by molar-refractivity contribution is 5.33. The fourth-order valence-electron chi connectivity index (χ4n) is 6.54. The maximum absolute atomic E-state index is 14.7. The Labute approximate surface area is 217 Å². The Bertz CT molecular complexity index is 964. The molecule has 0 aliphatic heterocycles. The van der Waals surface area contributed by atoms with E-state index < -0.39 is 11.6 Å².